The summed E-state index contributed by atoms with van der Waals surface area (Å²) in [6.45, 7) is 0. The standard InChI is InChI=1S/C14H14N2O/c17-10-5-6-12-11(8-10)14-7-9-3-1-2-4-13(9)16(14)15-12/h5-6,8,17H,1-4,7H2. The predicted molar refractivity (Wildman–Crippen MR) is 66.8 cm³/mol. The first-order valence-corrected chi connectivity index (χ1v) is 6.25. The molecule has 1 aromatic heterocycles. The zero-order valence-electron chi connectivity index (χ0n) is 9.61. The summed E-state index contributed by atoms with van der Waals surface area (Å²) in [4.78, 5) is 0. The minimum atomic E-state index is 0.332. The number of phenols is 1. The summed E-state index contributed by atoms with van der Waals surface area (Å²) in [5.41, 5.74) is 5.24. The molecule has 2 heterocycles. The second-order valence-electron chi connectivity index (χ2n) is 4.99. The topological polar surface area (TPSA) is 38.1 Å². The number of hydrogen-bond acceptors (Lipinski definition) is 2. The fourth-order valence-corrected chi connectivity index (χ4v) is 3.12. The molecule has 2 aliphatic rings. The number of phenolic OH excluding ortho intramolecular Hbond substituents is 1. The minimum Gasteiger partial charge on any atom is -0.508 e. The summed E-state index contributed by atoms with van der Waals surface area (Å²) in [7, 11) is 0. The van der Waals surface area contributed by atoms with Crippen LogP contribution in [0.5, 0.6) is 5.75 Å². The van der Waals surface area contributed by atoms with Crippen LogP contribution >= 0.6 is 0 Å². The molecule has 1 aliphatic carbocycles. The van der Waals surface area contributed by atoms with E-state index in [0.717, 1.165) is 23.7 Å². The monoisotopic (exact) mass is 226 g/mol. The Hall–Kier alpha value is -1.77. The summed E-state index contributed by atoms with van der Waals surface area (Å²) in [5, 5.41) is 15.4. The van der Waals surface area contributed by atoms with Gasteiger partial charge in [0.1, 0.15) is 5.75 Å². The fourth-order valence-electron chi connectivity index (χ4n) is 3.12. The van der Waals surface area contributed by atoms with E-state index in [1.807, 2.05) is 12.1 Å². The molecule has 0 bridgehead atoms. The summed E-state index contributed by atoms with van der Waals surface area (Å²) in [6.07, 6.45) is 5.99. The number of rotatable bonds is 0. The van der Waals surface area contributed by atoms with E-state index < -0.39 is 0 Å². The summed E-state index contributed by atoms with van der Waals surface area (Å²) in [6, 6.07) is 5.45. The van der Waals surface area contributed by atoms with E-state index in [2.05, 4.69) is 9.78 Å². The molecule has 86 valence electrons. The van der Waals surface area contributed by atoms with Crippen LogP contribution in [-0.4, -0.2) is 14.9 Å². The number of hydrogen-bond donors (Lipinski definition) is 1. The third-order valence-corrected chi connectivity index (χ3v) is 3.94. The minimum absolute atomic E-state index is 0.332. The number of aromatic hydroxyl groups is 1. The van der Waals surface area contributed by atoms with Gasteiger partial charge in [-0.1, -0.05) is 0 Å². The second kappa shape index (κ2) is 3.13. The van der Waals surface area contributed by atoms with E-state index in [1.165, 1.54) is 30.7 Å². The SMILES string of the molecule is Oc1ccc2nn3c(c2c1)CC1=C3CCCC1. The molecular weight excluding hydrogens is 212 g/mol. The molecule has 3 heteroatoms. The molecule has 0 radical (unpaired) electrons. The number of fused-ring (bicyclic) bond motifs is 4. The van der Waals surface area contributed by atoms with Crippen molar-refractivity contribution in [1.29, 1.82) is 0 Å². The van der Waals surface area contributed by atoms with Gasteiger partial charge in [0.25, 0.3) is 0 Å². The molecule has 17 heavy (non-hydrogen) atoms. The van der Waals surface area contributed by atoms with E-state index in [-0.39, 0.29) is 0 Å². The van der Waals surface area contributed by atoms with Crippen molar-refractivity contribution in [3.8, 4) is 5.75 Å². The van der Waals surface area contributed by atoms with E-state index in [0.29, 0.717) is 5.75 Å². The van der Waals surface area contributed by atoms with Gasteiger partial charge in [0.2, 0.25) is 0 Å². The number of benzene rings is 1. The van der Waals surface area contributed by atoms with Crippen molar-refractivity contribution in [2.45, 2.75) is 32.1 Å². The van der Waals surface area contributed by atoms with E-state index >= 15 is 0 Å². The molecule has 0 saturated heterocycles. The van der Waals surface area contributed by atoms with Gasteiger partial charge in [-0.15, -0.1) is 0 Å². The first kappa shape index (κ1) is 9.28. The molecule has 0 amide bonds. The average Bonchev–Trinajstić information content (AvgIpc) is 2.85. The smallest absolute Gasteiger partial charge is 0.116 e. The van der Waals surface area contributed by atoms with Gasteiger partial charge in [-0.3, -0.25) is 0 Å². The van der Waals surface area contributed by atoms with Crippen molar-refractivity contribution in [2.75, 3.05) is 0 Å². The van der Waals surface area contributed by atoms with Crippen LogP contribution in [0.2, 0.25) is 0 Å². The molecule has 0 saturated carbocycles. The Morgan fingerprint density at radius 3 is 3.00 bits per heavy atom. The van der Waals surface area contributed by atoms with Crippen LogP contribution in [0.1, 0.15) is 31.4 Å². The lowest BCUT2D eigenvalue weighted by molar-refractivity contribution is 0.476. The summed E-state index contributed by atoms with van der Waals surface area (Å²) >= 11 is 0. The van der Waals surface area contributed by atoms with Crippen LogP contribution in [0.3, 0.4) is 0 Å². The largest absolute Gasteiger partial charge is 0.508 e. The molecular formula is C14H14N2O. The highest BCUT2D eigenvalue weighted by Gasteiger charge is 2.26. The van der Waals surface area contributed by atoms with Crippen LogP contribution in [0.25, 0.3) is 16.6 Å². The Kier molecular flexibility index (Phi) is 1.71. The Labute approximate surface area is 99.4 Å². The third-order valence-electron chi connectivity index (χ3n) is 3.94. The molecule has 1 N–H and O–H groups in total. The fraction of sp³-hybridized carbons (Fsp3) is 0.357. The van der Waals surface area contributed by atoms with Gasteiger partial charge in [-0.25, -0.2) is 4.68 Å². The highest BCUT2D eigenvalue weighted by molar-refractivity contribution is 5.86. The van der Waals surface area contributed by atoms with Gasteiger partial charge in [0.05, 0.1) is 11.2 Å². The van der Waals surface area contributed by atoms with Crippen molar-refractivity contribution < 1.29 is 5.11 Å². The molecule has 2 aromatic rings. The quantitative estimate of drug-likeness (QED) is 0.749. The second-order valence-corrected chi connectivity index (χ2v) is 4.99. The van der Waals surface area contributed by atoms with Crippen LogP contribution < -0.4 is 0 Å². The van der Waals surface area contributed by atoms with E-state index in [9.17, 15) is 5.11 Å². The van der Waals surface area contributed by atoms with Gasteiger partial charge in [0.15, 0.2) is 0 Å². The lowest BCUT2D eigenvalue weighted by Gasteiger charge is -2.13. The van der Waals surface area contributed by atoms with Crippen LogP contribution in [0.15, 0.2) is 23.8 Å². The van der Waals surface area contributed by atoms with Crippen LogP contribution in [-0.2, 0) is 6.42 Å². The number of allylic oxidation sites excluding steroid dienone is 2. The molecule has 0 atom stereocenters. The first-order chi connectivity index (χ1) is 8.33. The molecule has 0 unspecified atom stereocenters. The summed E-state index contributed by atoms with van der Waals surface area (Å²) in [5.74, 6) is 0.332. The first-order valence-electron chi connectivity index (χ1n) is 6.25. The van der Waals surface area contributed by atoms with Gasteiger partial charge < -0.3 is 5.11 Å². The van der Waals surface area contributed by atoms with Crippen molar-refractivity contribution in [1.82, 2.24) is 9.78 Å². The maximum absolute atomic E-state index is 9.59. The van der Waals surface area contributed by atoms with Gasteiger partial charge in [0, 0.05) is 17.5 Å². The lowest BCUT2D eigenvalue weighted by Crippen LogP contribution is -2.01. The lowest BCUT2D eigenvalue weighted by atomic mass is 9.95. The highest BCUT2D eigenvalue weighted by atomic mass is 16.3. The third kappa shape index (κ3) is 1.19. The molecule has 3 nitrogen and oxygen atoms in total. The Morgan fingerprint density at radius 2 is 2.06 bits per heavy atom. The summed E-state index contributed by atoms with van der Waals surface area (Å²) < 4.78 is 2.12. The number of nitrogens with zero attached hydrogens (tertiary/aromatic N) is 2. The Morgan fingerprint density at radius 1 is 1.18 bits per heavy atom. The van der Waals surface area contributed by atoms with Crippen LogP contribution in [0.4, 0.5) is 0 Å². The van der Waals surface area contributed by atoms with Gasteiger partial charge >= 0.3 is 0 Å². The number of aromatic nitrogens is 2. The molecule has 0 spiro atoms. The molecule has 0 fully saturated rings. The van der Waals surface area contributed by atoms with Gasteiger partial charge in [-0.2, -0.15) is 5.10 Å². The maximum Gasteiger partial charge on any atom is 0.116 e. The van der Waals surface area contributed by atoms with E-state index in [1.54, 1.807) is 11.6 Å². The molecule has 4 rings (SSSR count). The van der Waals surface area contributed by atoms with Crippen molar-refractivity contribution in [3.63, 3.8) is 0 Å². The average molecular weight is 226 g/mol. The highest BCUT2D eigenvalue weighted by Crippen LogP contribution is 2.39. The maximum atomic E-state index is 9.59. The normalized spacial score (nSPS) is 18.6. The zero-order valence-corrected chi connectivity index (χ0v) is 9.61. The van der Waals surface area contributed by atoms with Crippen molar-refractivity contribution >= 4 is 16.6 Å². The van der Waals surface area contributed by atoms with E-state index in [4.69, 9.17) is 0 Å². The Bertz CT molecular complexity index is 652. The van der Waals surface area contributed by atoms with Crippen molar-refractivity contribution in [2.24, 2.45) is 0 Å². The molecule has 1 aromatic carbocycles. The molecule has 1 aliphatic heterocycles. The Balaban J connectivity index is 1.97. The zero-order chi connectivity index (χ0) is 11.4. The van der Waals surface area contributed by atoms with Crippen LogP contribution in [0, 0.1) is 0 Å². The predicted octanol–water partition coefficient (Wildman–Crippen LogP) is 3.08. The van der Waals surface area contributed by atoms with Gasteiger partial charge in [-0.05, 0) is 49.5 Å². The van der Waals surface area contributed by atoms with Crippen molar-refractivity contribution in [3.05, 3.63) is 29.5 Å².